The van der Waals surface area contributed by atoms with Crippen LogP contribution in [0.4, 0.5) is 5.69 Å². The predicted molar refractivity (Wildman–Crippen MR) is 202 cm³/mol. The number of carbonyl (C=O) groups is 3. The number of nitrogens with one attached hydrogen (secondary N) is 1. The molecule has 15 heteroatoms. The zero-order valence-corrected chi connectivity index (χ0v) is 32.0. The first-order valence-electron chi connectivity index (χ1n) is 16.2. The van der Waals surface area contributed by atoms with E-state index in [1.54, 1.807) is 75.4 Å². The lowest BCUT2D eigenvalue weighted by molar-refractivity contribution is -0.136. The van der Waals surface area contributed by atoms with Crippen molar-refractivity contribution in [1.82, 2.24) is 4.57 Å². The first-order chi connectivity index (χ1) is 25.0. The molecule has 1 atom stereocenters. The minimum atomic E-state index is -0.901. The Morgan fingerprint density at radius 2 is 1.67 bits per heavy atom. The average Bonchev–Trinajstić information content (AvgIpc) is 3.42. The van der Waals surface area contributed by atoms with E-state index in [0.29, 0.717) is 65.7 Å². The van der Waals surface area contributed by atoms with Crippen LogP contribution < -0.4 is 34.4 Å². The number of carbonyl (C=O) groups excluding carboxylic acids is 3. The van der Waals surface area contributed by atoms with Crippen molar-refractivity contribution in [2.24, 2.45) is 4.99 Å². The SMILES string of the molecule is CCOC(=O)c1ccc(NC(=O)COc2c(I)cc(/C=c3/sc4n(c3=O)[C@H](c3ccc(O)c(OCC)c3)C(C(=O)OC)=C(C)N=4)cc2OCC)cc1. The highest BCUT2D eigenvalue weighted by Gasteiger charge is 2.33. The predicted octanol–water partition coefficient (Wildman–Crippen LogP) is 4.71. The van der Waals surface area contributed by atoms with Gasteiger partial charge in [0.2, 0.25) is 0 Å². The number of phenolic OH excluding ortho intramolecular Hbond substituents is 1. The molecule has 4 aromatic rings. The molecule has 2 heterocycles. The molecule has 272 valence electrons. The van der Waals surface area contributed by atoms with Crippen molar-refractivity contribution in [1.29, 1.82) is 0 Å². The van der Waals surface area contributed by atoms with E-state index in [0.717, 1.165) is 11.3 Å². The number of aromatic nitrogens is 1. The molecule has 0 aliphatic carbocycles. The van der Waals surface area contributed by atoms with E-state index in [2.05, 4.69) is 32.9 Å². The molecule has 52 heavy (non-hydrogen) atoms. The number of methoxy groups -OCH3 is 1. The van der Waals surface area contributed by atoms with Gasteiger partial charge in [-0.25, -0.2) is 14.6 Å². The number of nitrogens with zero attached hydrogens (tertiary/aromatic N) is 2. The van der Waals surface area contributed by atoms with Crippen molar-refractivity contribution in [2.75, 3.05) is 38.9 Å². The molecule has 0 bridgehead atoms. The lowest BCUT2D eigenvalue weighted by Gasteiger charge is -2.24. The summed E-state index contributed by atoms with van der Waals surface area (Å²) >= 11 is 3.23. The van der Waals surface area contributed by atoms with Crippen molar-refractivity contribution < 1.29 is 43.2 Å². The molecule has 1 aliphatic heterocycles. The van der Waals surface area contributed by atoms with Gasteiger partial charge in [0, 0.05) is 5.69 Å². The number of hydrogen-bond donors (Lipinski definition) is 2. The molecule has 1 aromatic heterocycles. The molecule has 0 spiro atoms. The van der Waals surface area contributed by atoms with Gasteiger partial charge in [-0.3, -0.25) is 14.2 Å². The summed E-state index contributed by atoms with van der Waals surface area (Å²) in [7, 11) is 1.26. The third-order valence-corrected chi connectivity index (χ3v) is 9.47. The number of ether oxygens (including phenoxy) is 5. The van der Waals surface area contributed by atoms with Crippen LogP contribution in [-0.4, -0.2) is 61.1 Å². The van der Waals surface area contributed by atoms with Gasteiger partial charge in [0.25, 0.3) is 11.5 Å². The third kappa shape index (κ3) is 8.31. The van der Waals surface area contributed by atoms with Gasteiger partial charge < -0.3 is 34.1 Å². The van der Waals surface area contributed by atoms with Crippen LogP contribution >= 0.6 is 33.9 Å². The maximum atomic E-state index is 14.1. The highest BCUT2D eigenvalue weighted by atomic mass is 127. The van der Waals surface area contributed by atoms with Gasteiger partial charge in [-0.15, -0.1) is 0 Å². The Hall–Kier alpha value is -5.16. The number of esters is 2. The molecule has 0 radical (unpaired) electrons. The molecule has 0 unspecified atom stereocenters. The van der Waals surface area contributed by atoms with Crippen LogP contribution in [0.2, 0.25) is 0 Å². The minimum absolute atomic E-state index is 0.0757. The third-order valence-electron chi connectivity index (χ3n) is 7.68. The number of aromatic hydroxyl groups is 1. The van der Waals surface area contributed by atoms with Crippen LogP contribution in [0.15, 0.2) is 75.7 Å². The summed E-state index contributed by atoms with van der Waals surface area (Å²) in [5.74, 6) is -0.657. The smallest absolute Gasteiger partial charge is 0.338 e. The number of allylic oxidation sites excluding steroid dienone is 1. The second kappa shape index (κ2) is 16.9. The topological polar surface area (TPSA) is 164 Å². The fourth-order valence-electron chi connectivity index (χ4n) is 5.44. The van der Waals surface area contributed by atoms with Gasteiger partial charge in [0.1, 0.15) is 0 Å². The van der Waals surface area contributed by atoms with E-state index in [4.69, 9.17) is 23.7 Å². The molecule has 0 fully saturated rings. The van der Waals surface area contributed by atoms with Gasteiger partial charge in [-0.1, -0.05) is 17.4 Å². The van der Waals surface area contributed by atoms with Crippen LogP contribution in [0, 0.1) is 3.57 Å². The quantitative estimate of drug-likeness (QED) is 0.142. The van der Waals surface area contributed by atoms with Gasteiger partial charge in [-0.2, -0.15) is 0 Å². The Labute approximate surface area is 316 Å². The standard InChI is InChI=1S/C37H36IN3O10S/c1-6-48-27-18-23(11-14-26(27)42)32-31(36(46)47-5)20(4)39-37-41(32)34(44)29(52-37)17-21-15-25(38)33(28(16-21)49-7-2)51-19-30(43)40-24-12-9-22(10-13-24)35(45)50-8-3/h9-18,32,42H,6-8,19H2,1-5H3,(H,40,43)/b29-17+/t32-/m1/s1. The van der Waals surface area contributed by atoms with Crippen LogP contribution in [-0.2, 0) is 19.1 Å². The van der Waals surface area contributed by atoms with E-state index >= 15 is 0 Å². The van der Waals surface area contributed by atoms with Crippen LogP contribution in [0.3, 0.4) is 0 Å². The van der Waals surface area contributed by atoms with E-state index in [1.807, 2.05) is 6.92 Å². The normalized spacial score (nSPS) is 13.9. The number of halogens is 1. The summed E-state index contributed by atoms with van der Waals surface area (Å²) in [6.07, 6.45) is 1.70. The summed E-state index contributed by atoms with van der Waals surface area (Å²) in [4.78, 5) is 56.8. The molecule has 0 saturated heterocycles. The Kier molecular flexibility index (Phi) is 12.4. The largest absolute Gasteiger partial charge is 0.504 e. The summed E-state index contributed by atoms with van der Waals surface area (Å²) in [5, 5.41) is 13.1. The molecule has 5 rings (SSSR count). The van der Waals surface area contributed by atoms with Gasteiger partial charge in [-0.05, 0) is 116 Å². The number of fused-ring (bicyclic) bond motifs is 1. The van der Waals surface area contributed by atoms with Crippen molar-refractivity contribution >= 4 is 63.5 Å². The molecule has 3 aromatic carbocycles. The Balaban J connectivity index is 1.45. The summed E-state index contributed by atoms with van der Waals surface area (Å²) in [6.45, 7) is 7.54. The first kappa shape index (κ1) is 38.1. The molecular formula is C37H36IN3O10S. The number of thiazole rings is 1. The Morgan fingerprint density at radius 3 is 2.35 bits per heavy atom. The maximum Gasteiger partial charge on any atom is 0.338 e. The second-order valence-corrected chi connectivity index (χ2v) is 13.3. The molecule has 0 saturated carbocycles. The van der Waals surface area contributed by atoms with Gasteiger partial charge >= 0.3 is 11.9 Å². The molecule has 13 nitrogen and oxygen atoms in total. The summed E-state index contributed by atoms with van der Waals surface area (Å²) < 4.78 is 29.9. The molecule has 1 amide bonds. The van der Waals surface area contributed by atoms with Crippen molar-refractivity contribution in [3.8, 4) is 23.0 Å². The molecule has 2 N–H and O–H groups in total. The van der Waals surface area contributed by atoms with Crippen LogP contribution in [0.5, 0.6) is 23.0 Å². The van der Waals surface area contributed by atoms with Crippen molar-refractivity contribution in [2.45, 2.75) is 33.7 Å². The first-order valence-corrected chi connectivity index (χ1v) is 18.1. The maximum absolute atomic E-state index is 14.1. The Bertz CT molecular complexity index is 2230. The number of hydrogen-bond acceptors (Lipinski definition) is 12. The van der Waals surface area contributed by atoms with E-state index in [9.17, 15) is 24.3 Å². The van der Waals surface area contributed by atoms with E-state index in [-0.39, 0.29) is 30.3 Å². The van der Waals surface area contributed by atoms with Crippen molar-refractivity contribution in [3.63, 3.8) is 0 Å². The lowest BCUT2D eigenvalue weighted by atomic mass is 9.95. The number of phenols is 1. The van der Waals surface area contributed by atoms with Crippen LogP contribution in [0.25, 0.3) is 6.08 Å². The van der Waals surface area contributed by atoms with E-state index in [1.165, 1.54) is 17.7 Å². The Morgan fingerprint density at radius 1 is 0.962 bits per heavy atom. The minimum Gasteiger partial charge on any atom is -0.504 e. The lowest BCUT2D eigenvalue weighted by Crippen LogP contribution is -2.39. The molecule has 1 aliphatic rings. The highest BCUT2D eigenvalue weighted by Crippen LogP contribution is 2.37. The van der Waals surface area contributed by atoms with Gasteiger partial charge in [0.15, 0.2) is 34.4 Å². The average molecular weight is 842 g/mol. The second-order valence-electron chi connectivity index (χ2n) is 11.1. The molecular weight excluding hydrogens is 805 g/mol. The number of benzene rings is 3. The van der Waals surface area contributed by atoms with Crippen LogP contribution in [0.1, 0.15) is 55.2 Å². The monoisotopic (exact) mass is 841 g/mol. The fraction of sp³-hybridized carbons (Fsp3) is 0.270. The summed E-state index contributed by atoms with van der Waals surface area (Å²) in [6, 6.07) is 13.6. The zero-order chi connectivity index (χ0) is 37.5. The van der Waals surface area contributed by atoms with Crippen molar-refractivity contribution in [3.05, 3.63) is 106 Å². The van der Waals surface area contributed by atoms with E-state index < -0.39 is 29.4 Å². The highest BCUT2D eigenvalue weighted by molar-refractivity contribution is 14.1. The number of rotatable bonds is 13. The zero-order valence-electron chi connectivity index (χ0n) is 29.0. The number of anilines is 1. The van der Waals surface area contributed by atoms with Gasteiger partial charge in [0.05, 0.1) is 57.9 Å². The fourth-order valence-corrected chi connectivity index (χ4v) is 7.27. The number of amides is 1. The summed E-state index contributed by atoms with van der Waals surface area (Å²) in [5.41, 5.74) is 2.18.